The molecule has 5 rings (SSSR count). The molecule has 3 aliphatic rings. The summed E-state index contributed by atoms with van der Waals surface area (Å²) in [7, 11) is 3.28. The number of carbonyl (C=O) groups excluding carboxylic acids is 3. The minimum Gasteiger partial charge on any atom is -0.410 e. The molecule has 2 aromatic carbocycles. The Kier molecular flexibility index (Phi) is 8.33. The number of hydrogen-bond acceptors (Lipinski definition) is 5. The third-order valence-corrected chi connectivity index (χ3v) is 8.81. The van der Waals surface area contributed by atoms with Gasteiger partial charge in [-0.2, -0.15) is 0 Å². The zero-order valence-electron chi connectivity index (χ0n) is 22.9. The summed E-state index contributed by atoms with van der Waals surface area (Å²) in [5.74, 6) is -0.303. The number of amides is 3. The molecule has 2 atom stereocenters. The second-order valence-electron chi connectivity index (χ2n) is 11.2. The predicted octanol–water partition coefficient (Wildman–Crippen LogP) is 4.57. The maximum Gasteiger partial charge on any atom is 0.415 e. The maximum atomic E-state index is 13.7. The van der Waals surface area contributed by atoms with Gasteiger partial charge in [0.1, 0.15) is 11.6 Å². The second kappa shape index (κ2) is 11.7. The molecule has 0 radical (unpaired) electrons. The maximum absolute atomic E-state index is 13.7. The number of halogens is 2. The van der Waals surface area contributed by atoms with Crippen LogP contribution in [-0.4, -0.2) is 85.6 Å². The van der Waals surface area contributed by atoms with E-state index in [1.807, 2.05) is 21.9 Å². The molecular weight excluding hydrogens is 537 g/mol. The standard InChI is InChI=1S/C30H35ClFN3O5/c1-33(29(38)40-24-9-7-23(32)8-10-24)26-18-35(17-25(26)20-3-5-22(31)6-4-20)27(36)21-11-15-34(16-12-21)28(37)30(13-14-30)19-39-2/h3-10,21,25-26H,11-19H2,1-2H3. The average Bonchev–Trinajstić information content (AvgIpc) is 3.62. The zero-order valence-corrected chi connectivity index (χ0v) is 23.6. The molecule has 10 heteroatoms. The van der Waals surface area contributed by atoms with Gasteiger partial charge < -0.3 is 24.2 Å². The molecular formula is C30H35ClFN3O5. The molecule has 2 heterocycles. The van der Waals surface area contributed by atoms with E-state index in [9.17, 15) is 18.8 Å². The molecule has 0 spiro atoms. The van der Waals surface area contributed by atoms with Gasteiger partial charge in [-0.05, 0) is 67.6 Å². The first-order valence-corrected chi connectivity index (χ1v) is 14.1. The molecule has 2 aliphatic heterocycles. The highest BCUT2D eigenvalue weighted by Crippen LogP contribution is 2.48. The number of carbonyl (C=O) groups is 3. The predicted molar refractivity (Wildman–Crippen MR) is 148 cm³/mol. The lowest BCUT2D eigenvalue weighted by molar-refractivity contribution is -0.144. The Morgan fingerprint density at radius 1 is 1.00 bits per heavy atom. The van der Waals surface area contributed by atoms with Crippen LogP contribution >= 0.6 is 11.6 Å². The van der Waals surface area contributed by atoms with Gasteiger partial charge in [0.15, 0.2) is 0 Å². The number of hydrogen-bond donors (Lipinski definition) is 0. The van der Waals surface area contributed by atoms with Crippen LogP contribution in [0, 0.1) is 17.2 Å². The van der Waals surface area contributed by atoms with E-state index in [1.165, 1.54) is 29.2 Å². The monoisotopic (exact) mass is 571 g/mol. The number of ether oxygens (including phenoxy) is 2. The minimum atomic E-state index is -0.582. The fourth-order valence-corrected chi connectivity index (χ4v) is 6.10. The molecule has 2 unspecified atom stereocenters. The summed E-state index contributed by atoms with van der Waals surface area (Å²) in [6, 6.07) is 12.4. The van der Waals surface area contributed by atoms with E-state index in [4.69, 9.17) is 21.1 Å². The fourth-order valence-electron chi connectivity index (χ4n) is 5.98. The van der Waals surface area contributed by atoms with E-state index in [2.05, 4.69) is 0 Å². The van der Waals surface area contributed by atoms with E-state index < -0.39 is 11.9 Å². The largest absolute Gasteiger partial charge is 0.415 e. The van der Waals surface area contributed by atoms with Gasteiger partial charge in [0.2, 0.25) is 11.8 Å². The molecule has 1 saturated carbocycles. The third kappa shape index (κ3) is 5.95. The van der Waals surface area contributed by atoms with Crippen molar-refractivity contribution >= 4 is 29.5 Å². The number of piperidine rings is 1. The summed E-state index contributed by atoms with van der Waals surface area (Å²) in [5.41, 5.74) is 0.603. The highest BCUT2D eigenvalue weighted by Gasteiger charge is 2.52. The molecule has 2 saturated heterocycles. The summed E-state index contributed by atoms with van der Waals surface area (Å²) in [6.07, 6.45) is 2.36. The second-order valence-corrected chi connectivity index (χ2v) is 11.6. The van der Waals surface area contributed by atoms with Crippen LogP contribution in [0.5, 0.6) is 5.75 Å². The van der Waals surface area contributed by atoms with Crippen LogP contribution in [0.15, 0.2) is 48.5 Å². The van der Waals surface area contributed by atoms with Gasteiger partial charge in [0.25, 0.3) is 0 Å². The van der Waals surface area contributed by atoms with E-state index in [0.717, 1.165) is 18.4 Å². The number of likely N-dealkylation sites (N-methyl/N-ethyl adjacent to an activating group) is 1. The number of rotatable bonds is 7. The molecule has 3 amide bonds. The fraction of sp³-hybridized carbons (Fsp3) is 0.500. The smallest absolute Gasteiger partial charge is 0.410 e. The van der Waals surface area contributed by atoms with Crippen molar-refractivity contribution in [3.8, 4) is 5.75 Å². The van der Waals surface area contributed by atoms with Gasteiger partial charge >= 0.3 is 6.09 Å². The van der Waals surface area contributed by atoms with E-state index in [0.29, 0.717) is 50.7 Å². The lowest BCUT2D eigenvalue weighted by atomic mass is 9.93. The van der Waals surface area contributed by atoms with Crippen molar-refractivity contribution in [2.75, 3.05) is 46.9 Å². The summed E-state index contributed by atoms with van der Waals surface area (Å²) in [4.78, 5) is 45.0. The number of methoxy groups -OCH3 is 1. The van der Waals surface area contributed by atoms with Crippen LogP contribution < -0.4 is 4.74 Å². The molecule has 1 aliphatic carbocycles. The van der Waals surface area contributed by atoms with Crippen molar-refractivity contribution in [1.29, 1.82) is 0 Å². The molecule has 0 bridgehead atoms. The first-order chi connectivity index (χ1) is 19.2. The van der Waals surface area contributed by atoms with Crippen LogP contribution in [0.2, 0.25) is 5.02 Å². The Balaban J connectivity index is 1.26. The topological polar surface area (TPSA) is 79.4 Å². The molecule has 8 nitrogen and oxygen atoms in total. The summed E-state index contributed by atoms with van der Waals surface area (Å²) >= 11 is 6.12. The molecule has 0 aromatic heterocycles. The van der Waals surface area contributed by atoms with Gasteiger partial charge in [-0.1, -0.05) is 23.7 Å². The highest BCUT2D eigenvalue weighted by atomic mass is 35.5. The van der Waals surface area contributed by atoms with Crippen molar-refractivity contribution in [1.82, 2.24) is 14.7 Å². The number of nitrogens with zero attached hydrogens (tertiary/aromatic N) is 3. The van der Waals surface area contributed by atoms with Crippen LogP contribution in [0.25, 0.3) is 0 Å². The van der Waals surface area contributed by atoms with Gasteiger partial charge in [0, 0.05) is 57.2 Å². The van der Waals surface area contributed by atoms with Crippen molar-refractivity contribution in [3.63, 3.8) is 0 Å². The normalized spacial score (nSPS) is 22.2. The molecule has 2 aromatic rings. The lowest BCUT2D eigenvalue weighted by Crippen LogP contribution is -2.47. The SMILES string of the molecule is COCC1(C(=O)N2CCC(C(=O)N3CC(c4ccc(Cl)cc4)C(N(C)C(=O)Oc4ccc(F)cc4)C3)CC2)CC1. The Morgan fingerprint density at radius 2 is 1.65 bits per heavy atom. The highest BCUT2D eigenvalue weighted by molar-refractivity contribution is 6.30. The zero-order chi connectivity index (χ0) is 28.4. The van der Waals surface area contributed by atoms with E-state index >= 15 is 0 Å². The van der Waals surface area contributed by atoms with Crippen molar-refractivity contribution in [2.45, 2.75) is 37.6 Å². The minimum absolute atomic E-state index is 0.0480. The Labute approximate surface area is 238 Å². The van der Waals surface area contributed by atoms with Gasteiger partial charge in [-0.3, -0.25) is 9.59 Å². The third-order valence-electron chi connectivity index (χ3n) is 8.56. The van der Waals surface area contributed by atoms with Crippen LogP contribution in [-0.2, 0) is 14.3 Å². The molecule has 40 heavy (non-hydrogen) atoms. The van der Waals surface area contributed by atoms with Gasteiger partial charge in [0.05, 0.1) is 18.1 Å². The Bertz CT molecular complexity index is 1230. The summed E-state index contributed by atoms with van der Waals surface area (Å²) in [5, 5.41) is 0.607. The van der Waals surface area contributed by atoms with Crippen LogP contribution in [0.1, 0.15) is 37.2 Å². The van der Waals surface area contributed by atoms with Crippen molar-refractivity contribution < 1.29 is 28.2 Å². The quantitative estimate of drug-likeness (QED) is 0.486. The van der Waals surface area contributed by atoms with Crippen molar-refractivity contribution in [3.05, 3.63) is 64.9 Å². The Morgan fingerprint density at radius 3 is 2.25 bits per heavy atom. The van der Waals surface area contributed by atoms with Gasteiger partial charge in [-0.25, -0.2) is 9.18 Å². The summed E-state index contributed by atoms with van der Waals surface area (Å²) < 4.78 is 24.1. The molecule has 0 N–H and O–H groups in total. The molecule has 214 valence electrons. The first kappa shape index (κ1) is 28.4. The van der Waals surface area contributed by atoms with Gasteiger partial charge in [-0.15, -0.1) is 0 Å². The number of benzene rings is 2. The Hall–Kier alpha value is -3.17. The van der Waals surface area contributed by atoms with Crippen molar-refractivity contribution in [2.24, 2.45) is 11.3 Å². The number of likely N-dealkylation sites (tertiary alicyclic amines) is 2. The molecule has 3 fully saturated rings. The van der Waals surface area contributed by atoms with Crippen LogP contribution in [0.4, 0.5) is 9.18 Å². The first-order valence-electron chi connectivity index (χ1n) is 13.7. The van der Waals surface area contributed by atoms with E-state index in [-0.39, 0.29) is 40.9 Å². The van der Waals surface area contributed by atoms with E-state index in [1.54, 1.807) is 26.3 Å². The average molecular weight is 572 g/mol. The summed E-state index contributed by atoms with van der Waals surface area (Å²) in [6.45, 7) is 2.38. The lowest BCUT2D eigenvalue weighted by Gasteiger charge is -2.35. The van der Waals surface area contributed by atoms with Crippen LogP contribution in [0.3, 0.4) is 0 Å².